The molecule has 0 bridgehead atoms. The molecule has 0 radical (unpaired) electrons. The van der Waals surface area contributed by atoms with Crippen LogP contribution in [0, 0.1) is 5.92 Å². The Morgan fingerprint density at radius 1 is 1.29 bits per heavy atom. The van der Waals surface area contributed by atoms with Gasteiger partial charge in [0.25, 0.3) is 0 Å². The maximum Gasteiger partial charge on any atom is 0.490 e. The van der Waals surface area contributed by atoms with Crippen molar-refractivity contribution in [3.05, 3.63) is 24.2 Å². The summed E-state index contributed by atoms with van der Waals surface area (Å²) < 4.78 is 42.9. The molecule has 0 spiro atoms. The SMILES string of the molecule is O=C(NC1CC1)[C@@H]1C[C@@H]2CCN(Cc3ccoc3)C[C@@H]2O1.O=C(O)C(F)(F)F. The molecule has 156 valence electrons. The Hall–Kier alpha value is -2.07. The summed E-state index contributed by atoms with van der Waals surface area (Å²) in [5, 5.41) is 10.2. The van der Waals surface area contributed by atoms with Crippen LogP contribution in [-0.2, 0) is 20.9 Å². The largest absolute Gasteiger partial charge is 0.490 e. The predicted molar refractivity (Wildman–Crippen MR) is 90.2 cm³/mol. The van der Waals surface area contributed by atoms with Crippen LogP contribution in [0.5, 0.6) is 0 Å². The Labute approximate surface area is 159 Å². The summed E-state index contributed by atoms with van der Waals surface area (Å²) in [5.74, 6) is -2.11. The number of fused-ring (bicyclic) bond motifs is 1. The van der Waals surface area contributed by atoms with Gasteiger partial charge in [0.15, 0.2) is 0 Å². The van der Waals surface area contributed by atoms with Crippen LogP contribution < -0.4 is 5.32 Å². The molecule has 1 saturated carbocycles. The Morgan fingerprint density at radius 2 is 2.00 bits per heavy atom. The summed E-state index contributed by atoms with van der Waals surface area (Å²) in [6.07, 6.45) is 2.68. The number of carboxylic acid groups (broad SMARTS) is 1. The minimum absolute atomic E-state index is 0.105. The van der Waals surface area contributed by atoms with Crippen molar-refractivity contribution >= 4 is 11.9 Å². The molecular formula is C18H23F3N2O5. The highest BCUT2D eigenvalue weighted by Gasteiger charge is 2.42. The molecule has 3 atom stereocenters. The molecule has 3 fully saturated rings. The lowest BCUT2D eigenvalue weighted by atomic mass is 9.91. The normalized spacial score (nSPS) is 27.5. The van der Waals surface area contributed by atoms with Gasteiger partial charge in [0.1, 0.15) is 6.10 Å². The molecule has 4 rings (SSSR count). The average molecular weight is 404 g/mol. The number of likely N-dealkylation sites (tertiary alicyclic amines) is 1. The smallest absolute Gasteiger partial charge is 0.475 e. The molecule has 1 amide bonds. The molecule has 0 unspecified atom stereocenters. The third-order valence-corrected chi connectivity index (χ3v) is 5.08. The van der Waals surface area contributed by atoms with E-state index in [-0.39, 0.29) is 18.1 Å². The zero-order valence-corrected chi connectivity index (χ0v) is 15.2. The van der Waals surface area contributed by atoms with E-state index in [1.54, 1.807) is 12.5 Å². The van der Waals surface area contributed by atoms with Gasteiger partial charge in [0, 0.05) is 24.7 Å². The summed E-state index contributed by atoms with van der Waals surface area (Å²) in [6, 6.07) is 2.43. The lowest BCUT2D eigenvalue weighted by molar-refractivity contribution is -0.192. The molecule has 1 aromatic heterocycles. The second-order valence-electron chi connectivity index (χ2n) is 7.40. The number of halogens is 3. The first-order valence-corrected chi connectivity index (χ1v) is 9.21. The van der Waals surface area contributed by atoms with E-state index in [1.807, 2.05) is 6.07 Å². The Balaban J connectivity index is 0.000000279. The number of aliphatic carboxylic acids is 1. The number of amides is 1. The van der Waals surface area contributed by atoms with E-state index < -0.39 is 12.1 Å². The highest BCUT2D eigenvalue weighted by Crippen LogP contribution is 2.34. The van der Waals surface area contributed by atoms with Crippen LogP contribution in [-0.4, -0.2) is 59.4 Å². The van der Waals surface area contributed by atoms with Gasteiger partial charge in [-0.3, -0.25) is 9.69 Å². The number of furan rings is 1. The van der Waals surface area contributed by atoms with Crippen molar-refractivity contribution in [3.8, 4) is 0 Å². The van der Waals surface area contributed by atoms with Crippen LogP contribution >= 0.6 is 0 Å². The molecule has 0 aromatic carbocycles. The van der Waals surface area contributed by atoms with Crippen molar-refractivity contribution in [1.29, 1.82) is 0 Å². The quantitative estimate of drug-likeness (QED) is 0.799. The van der Waals surface area contributed by atoms with Crippen LogP contribution in [0.3, 0.4) is 0 Å². The number of piperidine rings is 1. The van der Waals surface area contributed by atoms with Crippen molar-refractivity contribution in [1.82, 2.24) is 10.2 Å². The molecule has 10 heteroatoms. The number of nitrogens with one attached hydrogen (secondary N) is 1. The summed E-state index contributed by atoms with van der Waals surface area (Å²) in [5.41, 5.74) is 1.20. The summed E-state index contributed by atoms with van der Waals surface area (Å²) in [7, 11) is 0. The minimum Gasteiger partial charge on any atom is -0.475 e. The van der Waals surface area contributed by atoms with E-state index in [9.17, 15) is 18.0 Å². The van der Waals surface area contributed by atoms with Gasteiger partial charge in [-0.2, -0.15) is 13.2 Å². The van der Waals surface area contributed by atoms with Gasteiger partial charge in [-0.1, -0.05) is 0 Å². The average Bonchev–Trinajstić information content (AvgIpc) is 3.11. The molecule has 3 aliphatic rings. The standard InChI is InChI=1S/C16H22N2O3.C2HF3O2/c19-16(17-13-1-2-13)14-7-12-3-5-18(9-15(12)21-14)8-11-4-6-20-10-11;3-2(4,5)1(6)7/h4,6,10,12-15H,1-3,5,7-9H2,(H,17,19);(H,6,7)/t12-,14-,15-;/m0./s1. The Kier molecular flexibility index (Phi) is 6.29. The topological polar surface area (TPSA) is 92.0 Å². The zero-order chi connectivity index (χ0) is 20.3. The molecule has 1 aliphatic carbocycles. The van der Waals surface area contributed by atoms with Gasteiger partial charge in [0.2, 0.25) is 5.91 Å². The number of hydrogen-bond donors (Lipinski definition) is 2. The second kappa shape index (κ2) is 8.52. The summed E-state index contributed by atoms with van der Waals surface area (Å²) in [4.78, 5) is 23.4. The van der Waals surface area contributed by atoms with Gasteiger partial charge < -0.3 is 19.6 Å². The fourth-order valence-corrected chi connectivity index (χ4v) is 3.47. The third-order valence-electron chi connectivity index (χ3n) is 5.08. The maximum atomic E-state index is 12.1. The van der Waals surface area contributed by atoms with Gasteiger partial charge in [-0.15, -0.1) is 0 Å². The number of ether oxygens (including phenoxy) is 1. The summed E-state index contributed by atoms with van der Waals surface area (Å²) in [6.45, 7) is 2.90. The number of hydrogen-bond acceptors (Lipinski definition) is 5. The van der Waals surface area contributed by atoms with E-state index in [0.717, 1.165) is 45.3 Å². The van der Waals surface area contributed by atoms with E-state index in [2.05, 4.69) is 10.2 Å². The van der Waals surface area contributed by atoms with E-state index in [4.69, 9.17) is 19.1 Å². The molecule has 2 N–H and O–H groups in total. The van der Waals surface area contributed by atoms with Crippen LogP contribution in [0.4, 0.5) is 13.2 Å². The minimum atomic E-state index is -5.08. The second-order valence-corrected chi connectivity index (χ2v) is 7.40. The van der Waals surface area contributed by atoms with Crippen LogP contribution in [0.1, 0.15) is 31.2 Å². The van der Waals surface area contributed by atoms with E-state index in [1.165, 1.54) is 5.56 Å². The number of nitrogens with zero attached hydrogens (tertiary/aromatic N) is 1. The van der Waals surface area contributed by atoms with Gasteiger partial charge in [-0.05, 0) is 44.2 Å². The van der Waals surface area contributed by atoms with Crippen LogP contribution in [0.2, 0.25) is 0 Å². The molecule has 7 nitrogen and oxygen atoms in total. The molecular weight excluding hydrogens is 381 g/mol. The van der Waals surface area contributed by atoms with E-state index in [0.29, 0.717) is 12.0 Å². The highest BCUT2D eigenvalue weighted by molar-refractivity contribution is 5.81. The fourth-order valence-electron chi connectivity index (χ4n) is 3.47. The maximum absolute atomic E-state index is 12.1. The Bertz CT molecular complexity index is 675. The predicted octanol–water partition coefficient (Wildman–Crippen LogP) is 2.17. The molecule has 1 aromatic rings. The molecule has 2 saturated heterocycles. The van der Waals surface area contributed by atoms with Gasteiger partial charge in [0.05, 0.1) is 18.6 Å². The van der Waals surface area contributed by atoms with Crippen LogP contribution in [0.25, 0.3) is 0 Å². The number of carbonyl (C=O) groups excluding carboxylic acids is 1. The number of alkyl halides is 3. The summed E-state index contributed by atoms with van der Waals surface area (Å²) >= 11 is 0. The number of rotatable bonds is 4. The first-order chi connectivity index (χ1) is 13.2. The monoisotopic (exact) mass is 404 g/mol. The molecule has 28 heavy (non-hydrogen) atoms. The first kappa shape index (κ1) is 20.7. The van der Waals surface area contributed by atoms with Crippen LogP contribution in [0.15, 0.2) is 23.0 Å². The lowest BCUT2D eigenvalue weighted by Gasteiger charge is -2.33. The highest BCUT2D eigenvalue weighted by atomic mass is 19.4. The zero-order valence-electron chi connectivity index (χ0n) is 15.2. The van der Waals surface area contributed by atoms with Crippen molar-refractivity contribution in [3.63, 3.8) is 0 Å². The molecule has 3 heterocycles. The van der Waals surface area contributed by atoms with Gasteiger partial charge >= 0.3 is 12.1 Å². The first-order valence-electron chi connectivity index (χ1n) is 9.21. The van der Waals surface area contributed by atoms with E-state index >= 15 is 0 Å². The van der Waals surface area contributed by atoms with Gasteiger partial charge in [-0.25, -0.2) is 4.79 Å². The number of carboxylic acids is 1. The van der Waals surface area contributed by atoms with Crippen molar-refractivity contribution in [2.24, 2.45) is 5.92 Å². The Morgan fingerprint density at radius 3 is 2.57 bits per heavy atom. The fraction of sp³-hybridized carbons (Fsp3) is 0.667. The molecule has 2 aliphatic heterocycles. The van der Waals surface area contributed by atoms with Crippen molar-refractivity contribution in [2.45, 2.75) is 56.7 Å². The third kappa shape index (κ3) is 5.71. The lowest BCUT2D eigenvalue weighted by Crippen LogP contribution is -2.42. The number of carbonyl (C=O) groups is 2. The van der Waals surface area contributed by atoms with Crippen molar-refractivity contribution < 1.29 is 37.0 Å². The van der Waals surface area contributed by atoms with Crippen molar-refractivity contribution in [2.75, 3.05) is 13.1 Å².